The minimum absolute atomic E-state index is 0.257. The Morgan fingerprint density at radius 1 is 1.33 bits per heavy atom. The zero-order valence-corrected chi connectivity index (χ0v) is 12.8. The van der Waals surface area contributed by atoms with Crippen molar-refractivity contribution in [3.8, 4) is 17.6 Å². The second-order valence-corrected chi connectivity index (χ2v) is 7.16. The molecule has 2 N–H and O–H groups in total. The predicted molar refractivity (Wildman–Crippen MR) is 77.0 cm³/mol. The molecule has 0 aromatic heterocycles. The van der Waals surface area contributed by atoms with Crippen LogP contribution in [-0.4, -0.2) is 31.9 Å². The van der Waals surface area contributed by atoms with E-state index in [1.54, 1.807) is 4.72 Å². The molecular formula is C14H11F3N2O4S. The lowest BCUT2D eigenvalue weighted by atomic mass is 9.82. The van der Waals surface area contributed by atoms with Gasteiger partial charge in [0.2, 0.25) is 0 Å². The first-order chi connectivity index (χ1) is 11.1. The van der Waals surface area contributed by atoms with Crippen LogP contribution in [0.1, 0.15) is 18.4 Å². The van der Waals surface area contributed by atoms with Crippen molar-refractivity contribution in [1.29, 1.82) is 0 Å². The van der Waals surface area contributed by atoms with Crippen LogP contribution in [0.2, 0.25) is 0 Å². The highest BCUT2D eigenvalue weighted by Crippen LogP contribution is 2.42. The van der Waals surface area contributed by atoms with E-state index in [4.69, 9.17) is 0 Å². The van der Waals surface area contributed by atoms with Crippen LogP contribution in [0.3, 0.4) is 0 Å². The summed E-state index contributed by atoms with van der Waals surface area (Å²) in [5, 5.41) is 9.77. The molecule has 0 unspecified atom stereocenters. The Labute approximate surface area is 135 Å². The largest absolute Gasteiger partial charge is 0.506 e. The van der Waals surface area contributed by atoms with E-state index in [1.165, 1.54) is 0 Å². The van der Waals surface area contributed by atoms with Crippen molar-refractivity contribution < 1.29 is 31.5 Å². The summed E-state index contributed by atoms with van der Waals surface area (Å²) in [5.41, 5.74) is -0.966. The first-order valence-electron chi connectivity index (χ1n) is 6.83. The number of hydrogen-bond donors (Lipinski definition) is 2. The summed E-state index contributed by atoms with van der Waals surface area (Å²) in [7, 11) is -4.30. The molecule has 1 amide bonds. The summed E-state index contributed by atoms with van der Waals surface area (Å²) < 4.78 is 65.6. The molecule has 1 heterocycles. The number of anilines is 1. The number of carbonyl (C=O) groups excluding carboxylic acids is 1. The Bertz CT molecular complexity index is 881. The molecule has 24 heavy (non-hydrogen) atoms. The molecule has 6 nitrogen and oxygen atoms in total. The first-order valence-corrected chi connectivity index (χ1v) is 8.27. The predicted octanol–water partition coefficient (Wildman–Crippen LogP) is 1.11. The van der Waals surface area contributed by atoms with E-state index in [2.05, 4.69) is 11.8 Å². The number of rotatable bonds is 1. The summed E-state index contributed by atoms with van der Waals surface area (Å²) in [5.74, 6) is -1.15. The Hall–Kier alpha value is -2.41. The fraction of sp³-hybridized carbons (Fsp3) is 0.357. The van der Waals surface area contributed by atoms with Gasteiger partial charge in [0.1, 0.15) is 18.0 Å². The van der Waals surface area contributed by atoms with E-state index in [-0.39, 0.29) is 5.56 Å². The van der Waals surface area contributed by atoms with Gasteiger partial charge in [-0.25, -0.2) is 22.2 Å². The van der Waals surface area contributed by atoms with E-state index in [0.717, 1.165) is 12.1 Å². The Kier molecular flexibility index (Phi) is 3.64. The fourth-order valence-electron chi connectivity index (χ4n) is 2.48. The molecule has 0 atom stereocenters. The molecule has 1 saturated heterocycles. The third-order valence-electron chi connectivity index (χ3n) is 3.67. The van der Waals surface area contributed by atoms with Gasteiger partial charge < -0.3 is 5.11 Å². The number of phenolic OH excluding ortho intramolecular Hbond substituents is 1. The maximum Gasteiger partial charge on any atom is 0.326 e. The molecule has 128 valence electrons. The summed E-state index contributed by atoms with van der Waals surface area (Å²) in [4.78, 5) is 11.2. The minimum atomic E-state index is -4.30. The van der Waals surface area contributed by atoms with Gasteiger partial charge >= 0.3 is 10.2 Å². The standard InChI is InChI=1S/C14H11F3N2O4S/c15-12-9(2-1-8-5-14(16,17)6-8)3-4-10(20)13(12)19-7-11(21)18-24(19,22)23/h3-4,8,20H,5-7H2,(H,18,21). The van der Waals surface area contributed by atoms with E-state index >= 15 is 0 Å². The van der Waals surface area contributed by atoms with Gasteiger partial charge in [0, 0.05) is 18.8 Å². The summed E-state index contributed by atoms with van der Waals surface area (Å²) in [6, 6.07) is 2.13. The molecule has 1 aliphatic heterocycles. The number of nitrogens with one attached hydrogen (secondary N) is 1. The first kappa shape index (κ1) is 16.4. The zero-order chi connectivity index (χ0) is 17.7. The Balaban J connectivity index is 1.95. The van der Waals surface area contributed by atoms with Crippen LogP contribution >= 0.6 is 0 Å². The summed E-state index contributed by atoms with van der Waals surface area (Å²) in [6.45, 7) is -0.682. The van der Waals surface area contributed by atoms with Gasteiger partial charge in [0.05, 0.1) is 5.56 Å². The van der Waals surface area contributed by atoms with Crippen molar-refractivity contribution in [3.63, 3.8) is 0 Å². The Morgan fingerprint density at radius 3 is 2.54 bits per heavy atom. The van der Waals surface area contributed by atoms with Crippen molar-refractivity contribution in [1.82, 2.24) is 4.72 Å². The lowest BCUT2D eigenvalue weighted by Crippen LogP contribution is -2.34. The van der Waals surface area contributed by atoms with Gasteiger partial charge in [-0.15, -0.1) is 0 Å². The average Bonchev–Trinajstić information content (AvgIpc) is 2.69. The molecule has 1 aromatic carbocycles. The topological polar surface area (TPSA) is 86.7 Å². The van der Waals surface area contributed by atoms with Crippen LogP contribution in [0.5, 0.6) is 5.75 Å². The summed E-state index contributed by atoms with van der Waals surface area (Å²) in [6.07, 6.45) is -0.822. The molecule has 2 aliphatic rings. The van der Waals surface area contributed by atoms with E-state index < -0.39 is 64.6 Å². The van der Waals surface area contributed by atoms with Gasteiger partial charge in [-0.1, -0.05) is 11.8 Å². The molecule has 1 saturated carbocycles. The lowest BCUT2D eigenvalue weighted by molar-refractivity contribution is -0.117. The number of amides is 1. The second-order valence-electron chi connectivity index (χ2n) is 5.56. The van der Waals surface area contributed by atoms with Crippen LogP contribution in [0.25, 0.3) is 0 Å². The Morgan fingerprint density at radius 2 is 2.00 bits per heavy atom. The van der Waals surface area contributed by atoms with Gasteiger partial charge in [0.15, 0.2) is 5.82 Å². The monoisotopic (exact) mass is 360 g/mol. The smallest absolute Gasteiger partial charge is 0.326 e. The average molecular weight is 360 g/mol. The maximum absolute atomic E-state index is 14.5. The van der Waals surface area contributed by atoms with Crippen molar-refractivity contribution in [2.75, 3.05) is 10.8 Å². The third-order valence-corrected chi connectivity index (χ3v) is 5.04. The number of nitrogens with zero attached hydrogens (tertiary/aromatic N) is 1. The van der Waals surface area contributed by atoms with Gasteiger partial charge in [0.25, 0.3) is 11.8 Å². The lowest BCUT2D eigenvalue weighted by Gasteiger charge is -2.31. The molecule has 1 aromatic rings. The quantitative estimate of drug-likeness (QED) is 0.735. The van der Waals surface area contributed by atoms with Crippen molar-refractivity contribution >= 4 is 21.8 Å². The van der Waals surface area contributed by atoms with E-state index in [9.17, 15) is 31.5 Å². The number of halogens is 3. The third kappa shape index (κ3) is 2.87. The highest BCUT2D eigenvalue weighted by Gasteiger charge is 2.44. The number of alkyl halides is 2. The van der Waals surface area contributed by atoms with Crippen LogP contribution in [0.15, 0.2) is 12.1 Å². The van der Waals surface area contributed by atoms with Gasteiger partial charge in [-0.3, -0.25) is 4.79 Å². The number of benzene rings is 1. The number of hydrogen-bond acceptors (Lipinski definition) is 4. The molecule has 1 aliphatic carbocycles. The van der Waals surface area contributed by atoms with Crippen LogP contribution in [0.4, 0.5) is 18.9 Å². The molecule has 3 rings (SSSR count). The number of aromatic hydroxyl groups is 1. The molecule has 0 bridgehead atoms. The normalized spacial score (nSPS) is 21.6. The highest BCUT2D eigenvalue weighted by atomic mass is 32.2. The molecule has 2 fully saturated rings. The fourth-order valence-corrected chi connectivity index (χ4v) is 3.64. The molecule has 10 heteroatoms. The maximum atomic E-state index is 14.5. The number of phenols is 1. The van der Waals surface area contributed by atoms with Crippen LogP contribution in [0, 0.1) is 23.6 Å². The molecule has 0 spiro atoms. The van der Waals surface area contributed by atoms with Crippen LogP contribution < -0.4 is 9.03 Å². The highest BCUT2D eigenvalue weighted by molar-refractivity contribution is 7.92. The van der Waals surface area contributed by atoms with Gasteiger partial charge in [-0.2, -0.15) is 8.42 Å². The number of carbonyl (C=O) groups is 1. The molecular weight excluding hydrogens is 349 g/mol. The summed E-state index contributed by atoms with van der Waals surface area (Å²) >= 11 is 0. The van der Waals surface area contributed by atoms with Crippen molar-refractivity contribution in [2.24, 2.45) is 5.92 Å². The minimum Gasteiger partial charge on any atom is -0.506 e. The van der Waals surface area contributed by atoms with Gasteiger partial charge in [-0.05, 0) is 12.1 Å². The second kappa shape index (κ2) is 5.31. The van der Waals surface area contributed by atoms with Crippen LogP contribution in [-0.2, 0) is 15.0 Å². The molecule has 0 radical (unpaired) electrons. The zero-order valence-electron chi connectivity index (χ0n) is 12.0. The SMILES string of the molecule is O=C1CN(c2c(O)ccc(C#CC3CC(F)(F)C3)c2F)S(=O)(=O)N1. The van der Waals surface area contributed by atoms with E-state index in [0.29, 0.717) is 4.31 Å². The van der Waals surface area contributed by atoms with Crippen molar-refractivity contribution in [2.45, 2.75) is 18.8 Å². The van der Waals surface area contributed by atoms with E-state index in [1.807, 2.05) is 0 Å². The van der Waals surface area contributed by atoms with Crippen molar-refractivity contribution in [3.05, 3.63) is 23.5 Å².